The Morgan fingerprint density at radius 1 is 1.08 bits per heavy atom. The Bertz CT molecular complexity index is 1170. The summed E-state index contributed by atoms with van der Waals surface area (Å²) >= 11 is 0. The molecule has 0 amide bonds. The molecular formula is C29H34F3NO4. The number of hydrogen-bond acceptors (Lipinski definition) is 4. The first-order valence-corrected chi connectivity index (χ1v) is 13.2. The molecule has 1 unspecified atom stereocenters. The highest BCUT2D eigenvalue weighted by Gasteiger charge is 2.42. The van der Waals surface area contributed by atoms with Crippen LogP contribution in [-0.2, 0) is 17.4 Å². The van der Waals surface area contributed by atoms with E-state index in [1.807, 2.05) is 13.0 Å². The first-order chi connectivity index (χ1) is 17.5. The largest absolute Gasteiger partial charge is 0.487 e. The summed E-state index contributed by atoms with van der Waals surface area (Å²) in [6.45, 7) is 4.59. The highest BCUT2D eigenvalue weighted by atomic mass is 19.4. The van der Waals surface area contributed by atoms with Gasteiger partial charge in [-0.25, -0.2) is 0 Å². The predicted molar refractivity (Wildman–Crippen MR) is 133 cm³/mol. The van der Waals surface area contributed by atoms with E-state index < -0.39 is 35.3 Å². The molecule has 5 rings (SSSR count). The van der Waals surface area contributed by atoms with Gasteiger partial charge in [0.25, 0.3) is 0 Å². The highest BCUT2D eigenvalue weighted by Crippen LogP contribution is 2.46. The summed E-state index contributed by atoms with van der Waals surface area (Å²) in [4.78, 5) is 13.4. The fourth-order valence-corrected chi connectivity index (χ4v) is 5.85. The molecule has 2 N–H and O–H groups in total. The monoisotopic (exact) mass is 517 g/mol. The van der Waals surface area contributed by atoms with E-state index in [9.17, 15) is 28.2 Å². The molecule has 200 valence electrons. The maximum absolute atomic E-state index is 13.8. The molecule has 2 heterocycles. The Balaban J connectivity index is 1.31. The van der Waals surface area contributed by atoms with E-state index in [-0.39, 0.29) is 6.04 Å². The summed E-state index contributed by atoms with van der Waals surface area (Å²) < 4.78 is 48.0. The Labute approximate surface area is 215 Å². The maximum Gasteiger partial charge on any atom is 0.416 e. The number of carbonyl (C=O) groups is 1. The van der Waals surface area contributed by atoms with Gasteiger partial charge in [0.1, 0.15) is 11.4 Å². The molecule has 0 aromatic heterocycles. The van der Waals surface area contributed by atoms with Crippen LogP contribution < -0.4 is 4.74 Å². The Hall–Kier alpha value is -2.58. The SMILES string of the molecule is CC(c1cc(C2CC2)ccc1C(F)(F)F)N1CCC2(CCc3ccc([C@H](O)[C@H](C)C(=O)O)cc3O2)CC1. The van der Waals surface area contributed by atoms with Gasteiger partial charge in [0.2, 0.25) is 0 Å². The molecule has 5 nitrogen and oxygen atoms in total. The van der Waals surface area contributed by atoms with Crippen molar-refractivity contribution in [1.82, 2.24) is 4.90 Å². The summed E-state index contributed by atoms with van der Waals surface area (Å²) in [6.07, 6.45) is -0.438. The van der Waals surface area contributed by atoms with Gasteiger partial charge in [-0.05, 0) is 92.7 Å². The van der Waals surface area contributed by atoms with Gasteiger partial charge in [0, 0.05) is 19.1 Å². The Kier molecular flexibility index (Phi) is 6.77. The number of likely N-dealkylation sites (tertiary alicyclic amines) is 1. The zero-order valence-electron chi connectivity index (χ0n) is 21.2. The topological polar surface area (TPSA) is 70.0 Å². The predicted octanol–water partition coefficient (Wildman–Crippen LogP) is 6.26. The molecule has 37 heavy (non-hydrogen) atoms. The van der Waals surface area contributed by atoms with Gasteiger partial charge >= 0.3 is 12.1 Å². The minimum absolute atomic E-state index is 0.355. The van der Waals surface area contributed by atoms with Crippen molar-refractivity contribution in [2.24, 2.45) is 5.92 Å². The van der Waals surface area contributed by atoms with Crippen molar-refractivity contribution in [3.05, 3.63) is 64.2 Å². The summed E-state index contributed by atoms with van der Waals surface area (Å²) in [6, 6.07) is 9.69. The van der Waals surface area contributed by atoms with Crippen LogP contribution in [-0.4, -0.2) is 39.8 Å². The molecule has 3 atom stereocenters. The zero-order valence-corrected chi connectivity index (χ0v) is 21.2. The van der Waals surface area contributed by atoms with E-state index >= 15 is 0 Å². The molecule has 1 saturated carbocycles. The second-order valence-corrected chi connectivity index (χ2v) is 11.1. The van der Waals surface area contributed by atoms with Crippen LogP contribution in [0.3, 0.4) is 0 Å². The molecule has 8 heteroatoms. The van der Waals surface area contributed by atoms with Crippen molar-refractivity contribution < 1.29 is 32.9 Å². The summed E-state index contributed by atoms with van der Waals surface area (Å²) in [7, 11) is 0. The number of alkyl halides is 3. The third-order valence-electron chi connectivity index (χ3n) is 8.61. The van der Waals surface area contributed by atoms with Crippen LogP contribution in [0, 0.1) is 5.92 Å². The molecule has 3 aliphatic rings. The number of rotatable bonds is 6. The summed E-state index contributed by atoms with van der Waals surface area (Å²) in [5.41, 5.74) is 1.93. The molecule has 1 saturated heterocycles. The second kappa shape index (κ2) is 9.62. The number of halogens is 3. The smallest absolute Gasteiger partial charge is 0.416 e. The van der Waals surface area contributed by atoms with Gasteiger partial charge in [0.15, 0.2) is 0 Å². The van der Waals surface area contributed by atoms with E-state index in [0.29, 0.717) is 48.7 Å². The molecule has 0 bridgehead atoms. The number of aliphatic carboxylic acids is 1. The fraction of sp³-hybridized carbons (Fsp3) is 0.552. The number of aryl methyl sites for hydroxylation is 1. The lowest BCUT2D eigenvalue weighted by Crippen LogP contribution is -2.50. The molecule has 0 radical (unpaired) electrons. The summed E-state index contributed by atoms with van der Waals surface area (Å²) in [5.74, 6) is -0.963. The van der Waals surface area contributed by atoms with Crippen LogP contribution in [0.15, 0.2) is 36.4 Å². The molecule has 1 aliphatic carbocycles. The first-order valence-electron chi connectivity index (χ1n) is 13.2. The van der Waals surface area contributed by atoms with Crippen LogP contribution in [0.25, 0.3) is 0 Å². The molecule has 2 aromatic rings. The van der Waals surface area contributed by atoms with Crippen molar-refractivity contribution in [2.45, 2.75) is 82.2 Å². The van der Waals surface area contributed by atoms with Crippen LogP contribution in [0.1, 0.15) is 91.8 Å². The van der Waals surface area contributed by atoms with Crippen molar-refractivity contribution in [2.75, 3.05) is 13.1 Å². The van der Waals surface area contributed by atoms with Crippen LogP contribution in [0.4, 0.5) is 13.2 Å². The minimum atomic E-state index is -4.39. The molecular weight excluding hydrogens is 483 g/mol. The lowest BCUT2D eigenvalue weighted by molar-refractivity contribution is -0.145. The van der Waals surface area contributed by atoms with E-state index in [4.69, 9.17) is 4.74 Å². The third kappa shape index (κ3) is 5.23. The number of benzene rings is 2. The standard InChI is InChI=1S/C29H34F3NO4/c1-17(27(35)36)26(34)22-6-5-20-9-10-28(37-25(20)16-22)11-13-33(14-12-28)18(2)23-15-21(19-3-4-19)7-8-24(23)29(30,31)32/h5-8,15-19,26,34H,3-4,9-14H2,1-2H3,(H,35,36)/t17-,18?,26+/m0/s1. The van der Waals surface area contributed by atoms with Crippen LogP contribution >= 0.6 is 0 Å². The lowest BCUT2D eigenvalue weighted by Gasteiger charge is -2.46. The zero-order chi connectivity index (χ0) is 26.5. The van der Waals surface area contributed by atoms with Crippen molar-refractivity contribution in [1.29, 1.82) is 0 Å². The maximum atomic E-state index is 13.8. The minimum Gasteiger partial charge on any atom is -0.487 e. The summed E-state index contributed by atoms with van der Waals surface area (Å²) in [5, 5.41) is 19.7. The van der Waals surface area contributed by atoms with Gasteiger partial charge in [-0.2, -0.15) is 13.2 Å². The fourth-order valence-electron chi connectivity index (χ4n) is 5.85. The molecule has 2 aliphatic heterocycles. The van der Waals surface area contributed by atoms with Gasteiger partial charge in [-0.1, -0.05) is 24.3 Å². The normalized spacial score (nSPS) is 22.1. The highest BCUT2D eigenvalue weighted by molar-refractivity contribution is 5.70. The van der Waals surface area contributed by atoms with Crippen molar-refractivity contribution >= 4 is 5.97 Å². The van der Waals surface area contributed by atoms with E-state index in [0.717, 1.165) is 36.8 Å². The molecule has 1 spiro atoms. The van der Waals surface area contributed by atoms with Gasteiger partial charge < -0.3 is 14.9 Å². The van der Waals surface area contributed by atoms with Gasteiger partial charge in [-0.3, -0.25) is 9.69 Å². The number of carboxylic acid groups (broad SMARTS) is 1. The number of aliphatic hydroxyl groups is 1. The van der Waals surface area contributed by atoms with E-state index in [2.05, 4.69) is 4.90 Å². The molecule has 2 fully saturated rings. The number of carboxylic acids is 1. The molecule has 2 aromatic carbocycles. The lowest BCUT2D eigenvalue weighted by atomic mass is 9.82. The second-order valence-electron chi connectivity index (χ2n) is 11.1. The Morgan fingerprint density at radius 2 is 1.78 bits per heavy atom. The van der Waals surface area contributed by atoms with E-state index in [1.54, 1.807) is 24.3 Å². The van der Waals surface area contributed by atoms with Crippen LogP contribution in [0.2, 0.25) is 0 Å². The van der Waals surface area contributed by atoms with E-state index in [1.165, 1.54) is 13.0 Å². The number of aliphatic hydroxyl groups excluding tert-OH is 1. The average molecular weight is 518 g/mol. The first kappa shape index (κ1) is 26.0. The quantitative estimate of drug-likeness (QED) is 0.474. The van der Waals surface area contributed by atoms with Gasteiger partial charge in [0.05, 0.1) is 17.6 Å². The van der Waals surface area contributed by atoms with Crippen LogP contribution in [0.5, 0.6) is 5.75 Å². The number of ether oxygens (including phenoxy) is 1. The number of hydrogen-bond donors (Lipinski definition) is 2. The van der Waals surface area contributed by atoms with Gasteiger partial charge in [-0.15, -0.1) is 0 Å². The van der Waals surface area contributed by atoms with Crippen molar-refractivity contribution in [3.8, 4) is 5.75 Å². The van der Waals surface area contributed by atoms with Crippen molar-refractivity contribution in [3.63, 3.8) is 0 Å². The number of nitrogens with zero attached hydrogens (tertiary/aromatic N) is 1. The Morgan fingerprint density at radius 3 is 2.41 bits per heavy atom. The third-order valence-corrected chi connectivity index (χ3v) is 8.61. The number of fused-ring (bicyclic) bond motifs is 1. The average Bonchev–Trinajstić information content (AvgIpc) is 3.72. The number of piperidine rings is 1.